The minimum atomic E-state index is -0.412. The lowest BCUT2D eigenvalue weighted by atomic mass is 10.1. The number of non-ortho nitro benzene ring substituents is 1. The zero-order valence-corrected chi connectivity index (χ0v) is 15.2. The Morgan fingerprint density at radius 3 is 2.48 bits per heavy atom. The van der Waals surface area contributed by atoms with E-state index in [9.17, 15) is 10.1 Å². The lowest BCUT2D eigenvalue weighted by Gasteiger charge is -2.16. The molecule has 0 spiro atoms. The van der Waals surface area contributed by atoms with E-state index in [2.05, 4.69) is 10.3 Å². The van der Waals surface area contributed by atoms with Gasteiger partial charge < -0.3 is 19.5 Å². The Bertz CT molecular complexity index is 990. The number of fused-ring (bicyclic) bond motifs is 1. The van der Waals surface area contributed by atoms with E-state index in [0.717, 1.165) is 5.56 Å². The standard InChI is InChI=1S/C19H19N3O5/c1-25-16-9-6-12(18(26-2)19(16)27-3)11-21-14-7-8-15(22(23)24)13-5-4-10-20-17(13)14/h4-10,21H,11H2,1-3H3. The van der Waals surface area contributed by atoms with Crippen LogP contribution >= 0.6 is 0 Å². The third-order valence-electron chi connectivity index (χ3n) is 4.20. The van der Waals surface area contributed by atoms with Crippen LogP contribution in [0.2, 0.25) is 0 Å². The molecule has 8 nitrogen and oxygen atoms in total. The summed E-state index contributed by atoms with van der Waals surface area (Å²) in [4.78, 5) is 15.1. The van der Waals surface area contributed by atoms with Crippen molar-refractivity contribution in [2.75, 3.05) is 26.6 Å². The number of nitrogens with zero attached hydrogens (tertiary/aromatic N) is 2. The normalized spacial score (nSPS) is 10.5. The zero-order valence-electron chi connectivity index (χ0n) is 15.2. The van der Waals surface area contributed by atoms with Crippen LogP contribution in [0.15, 0.2) is 42.6 Å². The molecule has 140 valence electrons. The van der Waals surface area contributed by atoms with Crippen molar-refractivity contribution in [3.8, 4) is 17.2 Å². The van der Waals surface area contributed by atoms with Gasteiger partial charge in [0.2, 0.25) is 5.75 Å². The average Bonchev–Trinajstić information content (AvgIpc) is 2.70. The predicted octanol–water partition coefficient (Wildman–Crippen LogP) is 3.78. The lowest BCUT2D eigenvalue weighted by Crippen LogP contribution is -2.05. The number of benzene rings is 2. The van der Waals surface area contributed by atoms with Crippen LogP contribution in [-0.2, 0) is 6.54 Å². The molecule has 3 aromatic rings. The van der Waals surface area contributed by atoms with Gasteiger partial charge in [0.05, 0.1) is 37.3 Å². The topological polar surface area (TPSA) is 95.8 Å². The summed E-state index contributed by atoms with van der Waals surface area (Å²) in [7, 11) is 4.67. The van der Waals surface area contributed by atoms with Gasteiger partial charge in [0.15, 0.2) is 11.5 Å². The molecule has 0 bridgehead atoms. The van der Waals surface area contributed by atoms with E-state index in [4.69, 9.17) is 14.2 Å². The number of hydrogen-bond acceptors (Lipinski definition) is 7. The zero-order chi connectivity index (χ0) is 19.4. The molecule has 0 saturated carbocycles. The summed E-state index contributed by atoms with van der Waals surface area (Å²) in [5, 5.41) is 15.0. The molecule has 1 N–H and O–H groups in total. The summed E-state index contributed by atoms with van der Waals surface area (Å²) in [5.74, 6) is 1.63. The van der Waals surface area contributed by atoms with Crippen LogP contribution < -0.4 is 19.5 Å². The second-order valence-electron chi connectivity index (χ2n) is 5.64. The molecular weight excluding hydrogens is 350 g/mol. The molecule has 8 heteroatoms. The van der Waals surface area contributed by atoms with Gasteiger partial charge in [-0.05, 0) is 30.3 Å². The first kappa shape index (κ1) is 18.2. The average molecular weight is 369 g/mol. The van der Waals surface area contributed by atoms with Gasteiger partial charge in [0, 0.05) is 24.4 Å². The molecule has 2 aromatic carbocycles. The first-order valence-corrected chi connectivity index (χ1v) is 8.14. The lowest BCUT2D eigenvalue weighted by molar-refractivity contribution is -0.383. The molecule has 1 aromatic heterocycles. The summed E-state index contributed by atoms with van der Waals surface area (Å²) < 4.78 is 16.2. The minimum Gasteiger partial charge on any atom is -0.493 e. The third-order valence-corrected chi connectivity index (χ3v) is 4.20. The van der Waals surface area contributed by atoms with Crippen LogP contribution in [0, 0.1) is 10.1 Å². The van der Waals surface area contributed by atoms with Crippen LogP contribution in [0.4, 0.5) is 11.4 Å². The largest absolute Gasteiger partial charge is 0.493 e. The Morgan fingerprint density at radius 1 is 1.04 bits per heavy atom. The quantitative estimate of drug-likeness (QED) is 0.500. The molecule has 3 rings (SSSR count). The molecule has 0 unspecified atom stereocenters. The molecule has 0 aliphatic heterocycles. The highest BCUT2D eigenvalue weighted by atomic mass is 16.6. The number of ether oxygens (including phenoxy) is 3. The highest BCUT2D eigenvalue weighted by Crippen LogP contribution is 2.40. The first-order valence-electron chi connectivity index (χ1n) is 8.14. The van der Waals surface area contributed by atoms with Crippen molar-refractivity contribution in [3.05, 3.63) is 58.3 Å². The van der Waals surface area contributed by atoms with E-state index in [-0.39, 0.29) is 5.69 Å². The second kappa shape index (κ2) is 7.77. The van der Waals surface area contributed by atoms with Crippen molar-refractivity contribution in [3.63, 3.8) is 0 Å². The molecule has 0 fully saturated rings. The Labute approximate surface area is 155 Å². The number of methoxy groups -OCH3 is 3. The smallest absolute Gasteiger partial charge is 0.278 e. The third kappa shape index (κ3) is 3.41. The Hall–Kier alpha value is -3.55. The molecule has 0 atom stereocenters. The van der Waals surface area contributed by atoms with Crippen LogP contribution in [0.25, 0.3) is 10.9 Å². The van der Waals surface area contributed by atoms with Gasteiger partial charge in [-0.2, -0.15) is 0 Å². The molecule has 0 amide bonds. The number of aromatic nitrogens is 1. The van der Waals surface area contributed by atoms with E-state index in [1.165, 1.54) is 6.07 Å². The van der Waals surface area contributed by atoms with E-state index < -0.39 is 4.92 Å². The van der Waals surface area contributed by atoms with Crippen molar-refractivity contribution in [2.45, 2.75) is 6.54 Å². The molecule has 27 heavy (non-hydrogen) atoms. The van der Waals surface area contributed by atoms with E-state index in [0.29, 0.717) is 40.4 Å². The van der Waals surface area contributed by atoms with E-state index >= 15 is 0 Å². The summed E-state index contributed by atoms with van der Waals surface area (Å²) in [6.07, 6.45) is 1.61. The molecule has 0 radical (unpaired) electrons. The molecule has 0 aliphatic carbocycles. The summed E-state index contributed by atoms with van der Waals surface area (Å²) >= 11 is 0. The monoisotopic (exact) mass is 369 g/mol. The summed E-state index contributed by atoms with van der Waals surface area (Å²) in [6, 6.07) is 10.1. The number of rotatable bonds is 7. The van der Waals surface area contributed by atoms with Gasteiger partial charge in [-0.25, -0.2) is 0 Å². The summed E-state index contributed by atoms with van der Waals surface area (Å²) in [6.45, 7) is 0.410. The number of nitro groups is 1. The van der Waals surface area contributed by atoms with E-state index in [1.54, 1.807) is 51.8 Å². The van der Waals surface area contributed by atoms with Crippen LogP contribution in [0.5, 0.6) is 17.2 Å². The van der Waals surface area contributed by atoms with Crippen LogP contribution in [-0.4, -0.2) is 31.2 Å². The Balaban J connectivity index is 1.96. The maximum atomic E-state index is 11.2. The molecular formula is C19H19N3O5. The maximum absolute atomic E-state index is 11.2. The molecule has 0 saturated heterocycles. The highest BCUT2D eigenvalue weighted by Gasteiger charge is 2.17. The van der Waals surface area contributed by atoms with Crippen molar-refractivity contribution in [1.29, 1.82) is 0 Å². The Morgan fingerprint density at radius 2 is 1.81 bits per heavy atom. The Kier molecular flexibility index (Phi) is 5.25. The summed E-state index contributed by atoms with van der Waals surface area (Å²) in [5.41, 5.74) is 2.09. The predicted molar refractivity (Wildman–Crippen MR) is 102 cm³/mol. The van der Waals surface area contributed by atoms with Gasteiger partial charge in [-0.3, -0.25) is 15.1 Å². The minimum absolute atomic E-state index is 0.0207. The molecule has 0 aliphatic rings. The fourth-order valence-corrected chi connectivity index (χ4v) is 2.95. The highest BCUT2D eigenvalue weighted by molar-refractivity contribution is 5.96. The molecule has 1 heterocycles. The number of nitrogens with one attached hydrogen (secondary N) is 1. The van der Waals surface area contributed by atoms with Gasteiger partial charge in [0.1, 0.15) is 5.52 Å². The van der Waals surface area contributed by atoms with Crippen molar-refractivity contribution in [1.82, 2.24) is 4.98 Å². The van der Waals surface area contributed by atoms with Gasteiger partial charge in [-0.1, -0.05) is 0 Å². The van der Waals surface area contributed by atoms with Crippen molar-refractivity contribution >= 4 is 22.3 Å². The van der Waals surface area contributed by atoms with Crippen LogP contribution in [0.3, 0.4) is 0 Å². The van der Waals surface area contributed by atoms with E-state index in [1.807, 2.05) is 6.07 Å². The van der Waals surface area contributed by atoms with Gasteiger partial charge >= 0.3 is 0 Å². The second-order valence-corrected chi connectivity index (χ2v) is 5.64. The fraction of sp³-hybridized carbons (Fsp3) is 0.211. The van der Waals surface area contributed by atoms with Gasteiger partial charge in [0.25, 0.3) is 5.69 Å². The maximum Gasteiger partial charge on any atom is 0.278 e. The fourth-order valence-electron chi connectivity index (χ4n) is 2.95. The first-order chi connectivity index (χ1) is 13.1. The van der Waals surface area contributed by atoms with Crippen molar-refractivity contribution in [2.24, 2.45) is 0 Å². The number of anilines is 1. The number of nitro benzene ring substituents is 1. The number of hydrogen-bond donors (Lipinski definition) is 1. The number of pyridine rings is 1. The van der Waals surface area contributed by atoms with Crippen molar-refractivity contribution < 1.29 is 19.1 Å². The van der Waals surface area contributed by atoms with Gasteiger partial charge in [-0.15, -0.1) is 0 Å². The van der Waals surface area contributed by atoms with Crippen LogP contribution in [0.1, 0.15) is 5.56 Å². The SMILES string of the molecule is COc1ccc(CNc2ccc([N+](=O)[O-])c3cccnc23)c(OC)c1OC.